The first-order valence-corrected chi connectivity index (χ1v) is 7.71. The molecule has 1 unspecified atom stereocenters. The molecule has 1 aromatic rings. The predicted octanol–water partition coefficient (Wildman–Crippen LogP) is 3.57. The van der Waals surface area contributed by atoms with Gasteiger partial charge in [0.2, 0.25) is 0 Å². The number of thiocarbonyl (C=S) groups is 2. The van der Waals surface area contributed by atoms with Crippen LogP contribution in [0.15, 0.2) is 36.2 Å². The van der Waals surface area contributed by atoms with E-state index in [2.05, 4.69) is 11.1 Å². The first kappa shape index (κ1) is 15.4. The highest BCUT2D eigenvalue weighted by molar-refractivity contribution is 7.89. The summed E-state index contributed by atoms with van der Waals surface area (Å²) in [6.07, 6.45) is 9.68. The summed E-state index contributed by atoms with van der Waals surface area (Å²) in [5, 5.41) is 9.35. The molecule has 0 aromatic carbocycles. The monoisotopic (exact) mass is 305 g/mol. The molecule has 4 heteroatoms. The SMILES string of the molecule is CC(=S)C(=S)C1(c2cccnc2)CCCCC1=CCO. The predicted molar refractivity (Wildman–Crippen MR) is 90.4 cm³/mol. The average Bonchev–Trinajstić information content (AvgIpc) is 2.48. The minimum atomic E-state index is -0.351. The summed E-state index contributed by atoms with van der Waals surface area (Å²) in [6.45, 7) is 1.93. The second kappa shape index (κ2) is 6.66. The Hall–Kier alpha value is -0.970. The fourth-order valence-corrected chi connectivity index (χ4v) is 3.63. The van der Waals surface area contributed by atoms with Crippen molar-refractivity contribution in [2.24, 2.45) is 0 Å². The highest BCUT2D eigenvalue weighted by Crippen LogP contribution is 2.45. The number of aliphatic hydroxyl groups is 1. The van der Waals surface area contributed by atoms with Crippen LogP contribution in [-0.2, 0) is 5.41 Å². The lowest BCUT2D eigenvalue weighted by molar-refractivity contribution is 0.338. The lowest BCUT2D eigenvalue weighted by Gasteiger charge is -2.41. The molecule has 1 aliphatic carbocycles. The molecule has 1 atom stereocenters. The topological polar surface area (TPSA) is 33.1 Å². The number of aliphatic hydroxyl groups excluding tert-OH is 1. The first-order valence-electron chi connectivity index (χ1n) is 6.89. The van der Waals surface area contributed by atoms with Gasteiger partial charge in [-0.05, 0) is 37.8 Å². The molecule has 0 amide bonds. The van der Waals surface area contributed by atoms with Gasteiger partial charge >= 0.3 is 0 Å². The van der Waals surface area contributed by atoms with Gasteiger partial charge in [0.05, 0.1) is 12.0 Å². The van der Waals surface area contributed by atoms with Crippen LogP contribution in [0, 0.1) is 0 Å². The van der Waals surface area contributed by atoms with Crippen LogP contribution in [0.5, 0.6) is 0 Å². The van der Waals surface area contributed by atoms with E-state index in [4.69, 9.17) is 24.4 Å². The third-order valence-electron chi connectivity index (χ3n) is 4.00. The quantitative estimate of drug-likeness (QED) is 0.681. The molecule has 2 nitrogen and oxygen atoms in total. The molecule has 1 aliphatic rings. The maximum absolute atomic E-state index is 9.35. The molecule has 2 rings (SSSR count). The lowest BCUT2D eigenvalue weighted by Crippen LogP contribution is -2.42. The van der Waals surface area contributed by atoms with Gasteiger partial charge in [-0.3, -0.25) is 4.98 Å². The Balaban J connectivity index is 2.62. The number of hydrogen-bond donors (Lipinski definition) is 1. The summed E-state index contributed by atoms with van der Waals surface area (Å²) in [4.78, 5) is 5.81. The Morgan fingerprint density at radius 3 is 2.85 bits per heavy atom. The van der Waals surface area contributed by atoms with Gasteiger partial charge < -0.3 is 5.11 Å². The standard InChI is InChI=1S/C16H19NOS2/c1-12(19)15(20)16(14-6-4-9-17-11-14)8-3-2-5-13(16)7-10-18/h4,6-7,9,11,18H,2-3,5,8,10H2,1H3. The molecule has 1 N–H and O–H groups in total. The van der Waals surface area contributed by atoms with Crippen molar-refractivity contribution in [1.82, 2.24) is 4.98 Å². The number of aromatic nitrogens is 1. The molecule has 20 heavy (non-hydrogen) atoms. The summed E-state index contributed by atoms with van der Waals surface area (Å²) in [5.74, 6) is 0. The van der Waals surface area contributed by atoms with Crippen LogP contribution in [0.1, 0.15) is 38.2 Å². The average molecular weight is 305 g/mol. The Morgan fingerprint density at radius 2 is 2.25 bits per heavy atom. The van der Waals surface area contributed by atoms with Gasteiger partial charge in [-0.15, -0.1) is 0 Å². The smallest absolute Gasteiger partial charge is 0.0615 e. The zero-order chi connectivity index (χ0) is 14.6. The Morgan fingerprint density at radius 1 is 1.45 bits per heavy atom. The van der Waals surface area contributed by atoms with Crippen molar-refractivity contribution in [3.05, 3.63) is 41.7 Å². The van der Waals surface area contributed by atoms with Crippen LogP contribution in [0.3, 0.4) is 0 Å². The van der Waals surface area contributed by atoms with Crippen molar-refractivity contribution in [3.8, 4) is 0 Å². The second-order valence-corrected chi connectivity index (χ2v) is 6.17. The Kier molecular flexibility index (Phi) is 5.13. The highest BCUT2D eigenvalue weighted by atomic mass is 32.1. The lowest BCUT2D eigenvalue weighted by atomic mass is 9.64. The van der Waals surface area contributed by atoms with E-state index < -0.39 is 0 Å². The number of allylic oxidation sites excluding steroid dienone is 1. The van der Waals surface area contributed by atoms with Crippen LogP contribution < -0.4 is 0 Å². The fraction of sp³-hybridized carbons (Fsp3) is 0.438. The first-order chi connectivity index (χ1) is 9.63. The number of nitrogens with zero attached hydrogens (tertiary/aromatic N) is 1. The largest absolute Gasteiger partial charge is 0.392 e. The van der Waals surface area contributed by atoms with E-state index in [-0.39, 0.29) is 12.0 Å². The van der Waals surface area contributed by atoms with Gasteiger partial charge in [-0.25, -0.2) is 0 Å². The molecule has 0 spiro atoms. The van der Waals surface area contributed by atoms with E-state index >= 15 is 0 Å². The molecule has 1 aromatic heterocycles. The van der Waals surface area contributed by atoms with Crippen LogP contribution in [-0.4, -0.2) is 26.4 Å². The second-order valence-electron chi connectivity index (χ2n) is 5.15. The number of pyridine rings is 1. The van der Waals surface area contributed by atoms with Gasteiger partial charge in [-0.1, -0.05) is 48.6 Å². The normalized spacial score (nSPS) is 24.6. The van der Waals surface area contributed by atoms with Crippen molar-refractivity contribution >= 4 is 34.2 Å². The van der Waals surface area contributed by atoms with E-state index in [1.54, 1.807) is 6.20 Å². The van der Waals surface area contributed by atoms with Crippen molar-refractivity contribution in [3.63, 3.8) is 0 Å². The van der Waals surface area contributed by atoms with Crippen LogP contribution in [0.25, 0.3) is 0 Å². The number of rotatable bonds is 4. The molecule has 0 radical (unpaired) electrons. The summed E-state index contributed by atoms with van der Waals surface area (Å²) in [7, 11) is 0. The van der Waals surface area contributed by atoms with Gasteiger partial charge in [0, 0.05) is 22.1 Å². The molecule has 0 bridgehead atoms. The minimum Gasteiger partial charge on any atom is -0.392 e. The molecule has 1 fully saturated rings. The summed E-state index contributed by atoms with van der Waals surface area (Å²) >= 11 is 11.0. The van der Waals surface area contributed by atoms with Gasteiger partial charge in [-0.2, -0.15) is 0 Å². The van der Waals surface area contributed by atoms with E-state index in [0.29, 0.717) is 0 Å². The van der Waals surface area contributed by atoms with Crippen LogP contribution >= 0.6 is 24.4 Å². The van der Waals surface area contributed by atoms with Crippen molar-refractivity contribution in [1.29, 1.82) is 0 Å². The number of hydrogen-bond acceptors (Lipinski definition) is 4. The third-order valence-corrected chi connectivity index (χ3v) is 4.98. The third kappa shape index (κ3) is 2.73. The minimum absolute atomic E-state index is 0.0381. The van der Waals surface area contributed by atoms with Gasteiger partial charge in [0.1, 0.15) is 0 Å². The molecule has 1 saturated carbocycles. The molecule has 1 heterocycles. The maximum Gasteiger partial charge on any atom is 0.0615 e. The van der Waals surface area contributed by atoms with E-state index in [0.717, 1.165) is 41.0 Å². The Bertz CT molecular complexity index is 539. The van der Waals surface area contributed by atoms with Crippen molar-refractivity contribution in [2.45, 2.75) is 38.0 Å². The van der Waals surface area contributed by atoms with E-state index in [9.17, 15) is 5.11 Å². The van der Waals surface area contributed by atoms with Crippen LogP contribution in [0.2, 0.25) is 0 Å². The summed E-state index contributed by atoms with van der Waals surface area (Å²) in [6, 6.07) is 4.00. The van der Waals surface area contributed by atoms with Crippen LogP contribution in [0.4, 0.5) is 0 Å². The Labute approximate surface area is 130 Å². The fourth-order valence-electron chi connectivity index (χ4n) is 3.10. The van der Waals surface area contributed by atoms with Gasteiger partial charge in [0.15, 0.2) is 0 Å². The maximum atomic E-state index is 9.35. The molecule has 106 valence electrons. The van der Waals surface area contributed by atoms with E-state index in [1.807, 2.05) is 25.3 Å². The summed E-state index contributed by atoms with van der Waals surface area (Å²) in [5.41, 5.74) is 1.93. The van der Waals surface area contributed by atoms with E-state index in [1.165, 1.54) is 5.57 Å². The molecular weight excluding hydrogens is 286 g/mol. The van der Waals surface area contributed by atoms with Gasteiger partial charge in [0.25, 0.3) is 0 Å². The molecule has 0 saturated heterocycles. The zero-order valence-corrected chi connectivity index (χ0v) is 13.3. The van der Waals surface area contributed by atoms with Crippen molar-refractivity contribution in [2.75, 3.05) is 6.61 Å². The molecule has 0 aliphatic heterocycles. The zero-order valence-electron chi connectivity index (χ0n) is 11.6. The summed E-state index contributed by atoms with van der Waals surface area (Å²) < 4.78 is 0. The highest BCUT2D eigenvalue weighted by Gasteiger charge is 2.42. The molecular formula is C16H19NOS2. The van der Waals surface area contributed by atoms with Crippen molar-refractivity contribution < 1.29 is 5.11 Å².